The van der Waals surface area contributed by atoms with Gasteiger partial charge in [-0.25, -0.2) is 9.59 Å². The Morgan fingerprint density at radius 2 is 1.03 bits per heavy atom. The number of carbonyl (C=O) groups excluding carboxylic acids is 2. The molecule has 32 heavy (non-hydrogen) atoms. The molecular weight excluding hydrogens is 408 g/mol. The van der Waals surface area contributed by atoms with E-state index in [-0.39, 0.29) is 0 Å². The molecule has 0 radical (unpaired) electrons. The van der Waals surface area contributed by atoms with Gasteiger partial charge in [0.2, 0.25) is 0 Å². The molecule has 0 amide bonds. The van der Waals surface area contributed by atoms with Crippen molar-refractivity contribution in [3.63, 3.8) is 0 Å². The molecule has 188 valence electrons. The van der Waals surface area contributed by atoms with Crippen molar-refractivity contribution in [3.05, 3.63) is 12.2 Å². The smallest absolute Gasteiger partial charge is 0.369 e. The van der Waals surface area contributed by atoms with Crippen LogP contribution < -0.4 is 0 Å². The summed E-state index contributed by atoms with van der Waals surface area (Å²) in [4.78, 5) is 32.0. The summed E-state index contributed by atoms with van der Waals surface area (Å²) in [6.45, 7) is 7.86. The Labute approximate surface area is 196 Å². The summed E-state index contributed by atoms with van der Waals surface area (Å²) < 4.78 is 5.06. The van der Waals surface area contributed by atoms with Crippen LogP contribution >= 0.6 is 0 Å². The highest BCUT2D eigenvalue weighted by Gasteiger charge is 2.13. The van der Waals surface area contributed by atoms with Gasteiger partial charge in [0.1, 0.15) is 0 Å². The third kappa shape index (κ3) is 24.9. The quantitative estimate of drug-likeness (QED) is 0.0583. The maximum atomic E-state index is 11.6. The second-order valence-electron chi connectivity index (χ2n) is 9.47. The molecule has 0 bridgehead atoms. The van der Waals surface area contributed by atoms with E-state index >= 15 is 0 Å². The highest BCUT2D eigenvalue weighted by atomic mass is 17.5. The lowest BCUT2D eigenvalue weighted by atomic mass is 10.0. The zero-order chi connectivity index (χ0) is 23.9. The Bertz CT molecular complexity index is 481. The van der Waals surface area contributed by atoms with Gasteiger partial charge < -0.3 is 4.74 Å². The average molecular weight is 457 g/mol. The molecule has 0 fully saturated rings. The van der Waals surface area contributed by atoms with Gasteiger partial charge in [-0.2, -0.15) is 4.89 Å². The van der Waals surface area contributed by atoms with Crippen molar-refractivity contribution in [2.75, 3.05) is 6.61 Å². The molecule has 0 heterocycles. The predicted molar refractivity (Wildman–Crippen MR) is 128 cm³/mol. The molecule has 0 N–H and O–H groups in total. The zero-order valence-corrected chi connectivity index (χ0v) is 21.1. The molecule has 0 aliphatic heterocycles. The van der Waals surface area contributed by atoms with E-state index in [0.717, 1.165) is 25.0 Å². The summed E-state index contributed by atoms with van der Waals surface area (Å²) in [6.07, 6.45) is 22.8. The first-order chi connectivity index (χ1) is 15.3. The minimum absolute atomic E-state index is 0.361. The van der Waals surface area contributed by atoms with Crippen LogP contribution in [0.1, 0.15) is 130 Å². The summed E-state index contributed by atoms with van der Waals surface area (Å²) in [7, 11) is 0. The number of ether oxygens (including phenoxy) is 1. The van der Waals surface area contributed by atoms with Crippen LogP contribution in [0.4, 0.5) is 0 Å². The molecular formula is C26H48O6. The van der Waals surface area contributed by atoms with Crippen LogP contribution in [0.2, 0.25) is 0 Å². The first kappa shape index (κ1) is 30.6. The van der Waals surface area contributed by atoms with E-state index in [0.29, 0.717) is 6.61 Å². The van der Waals surface area contributed by atoms with Crippen molar-refractivity contribution in [1.29, 1.82) is 0 Å². The maximum absolute atomic E-state index is 11.6. The maximum Gasteiger partial charge on any atom is 0.369 e. The van der Waals surface area contributed by atoms with Crippen molar-refractivity contribution in [3.8, 4) is 0 Å². The first-order valence-corrected chi connectivity index (χ1v) is 12.8. The van der Waals surface area contributed by atoms with Gasteiger partial charge in [-0.3, -0.25) is 4.89 Å². The minimum Gasteiger partial charge on any atom is -0.463 e. The average Bonchev–Trinajstić information content (AvgIpc) is 2.73. The standard InChI is InChI=1S/C26H48O6/c1-5-6-7-8-9-10-11-12-13-14-15-16-17-18-19-20-23-29-24(27)21-22-25(28)30-32-31-26(2,3)4/h21-22H,5-20,23H2,1-4H3. The van der Waals surface area contributed by atoms with Gasteiger partial charge in [0.15, 0.2) is 0 Å². The van der Waals surface area contributed by atoms with Crippen LogP contribution in [0.3, 0.4) is 0 Å². The van der Waals surface area contributed by atoms with Crippen LogP contribution in [-0.2, 0) is 29.1 Å². The summed E-state index contributed by atoms with van der Waals surface area (Å²) in [6, 6.07) is 0. The van der Waals surface area contributed by atoms with Crippen LogP contribution in [0.25, 0.3) is 0 Å². The molecule has 0 aliphatic carbocycles. The molecule has 0 rings (SSSR count). The summed E-state index contributed by atoms with van der Waals surface area (Å²) in [5.74, 6) is -1.41. The van der Waals surface area contributed by atoms with E-state index in [4.69, 9.17) is 9.62 Å². The van der Waals surface area contributed by atoms with Crippen molar-refractivity contribution in [2.24, 2.45) is 0 Å². The minimum atomic E-state index is -0.839. The Balaban J connectivity index is 3.36. The summed E-state index contributed by atoms with van der Waals surface area (Å²) >= 11 is 0. The molecule has 0 aliphatic rings. The summed E-state index contributed by atoms with van der Waals surface area (Å²) in [5.41, 5.74) is -0.601. The number of carbonyl (C=O) groups is 2. The normalized spacial score (nSPS) is 11.8. The van der Waals surface area contributed by atoms with E-state index in [1.807, 2.05) is 0 Å². The first-order valence-electron chi connectivity index (χ1n) is 12.8. The molecule has 0 aromatic heterocycles. The fourth-order valence-corrected chi connectivity index (χ4v) is 3.19. The Hall–Kier alpha value is -1.40. The van der Waals surface area contributed by atoms with E-state index in [1.54, 1.807) is 20.8 Å². The molecule has 0 unspecified atom stereocenters. The van der Waals surface area contributed by atoms with Crippen molar-refractivity contribution in [2.45, 2.75) is 136 Å². The van der Waals surface area contributed by atoms with Gasteiger partial charge in [0.25, 0.3) is 0 Å². The van der Waals surface area contributed by atoms with Gasteiger partial charge in [0.05, 0.1) is 12.2 Å². The van der Waals surface area contributed by atoms with Gasteiger partial charge in [-0.1, -0.05) is 103 Å². The molecule has 0 spiro atoms. The molecule has 0 aromatic carbocycles. The van der Waals surface area contributed by atoms with E-state index in [9.17, 15) is 9.59 Å². The van der Waals surface area contributed by atoms with Gasteiger partial charge in [-0.15, -0.1) is 0 Å². The Morgan fingerprint density at radius 1 is 0.625 bits per heavy atom. The van der Waals surface area contributed by atoms with E-state index in [1.165, 1.54) is 89.9 Å². The zero-order valence-electron chi connectivity index (χ0n) is 21.1. The number of hydrogen-bond donors (Lipinski definition) is 0. The largest absolute Gasteiger partial charge is 0.463 e. The number of unbranched alkanes of at least 4 members (excludes halogenated alkanes) is 15. The van der Waals surface area contributed by atoms with Crippen molar-refractivity contribution in [1.82, 2.24) is 0 Å². The fourth-order valence-electron chi connectivity index (χ4n) is 3.19. The second-order valence-corrected chi connectivity index (χ2v) is 9.47. The van der Waals surface area contributed by atoms with Gasteiger partial charge in [0, 0.05) is 12.2 Å². The number of esters is 1. The lowest BCUT2D eigenvalue weighted by Crippen LogP contribution is -2.20. The molecule has 0 saturated carbocycles. The monoisotopic (exact) mass is 456 g/mol. The molecule has 6 heteroatoms. The van der Waals surface area contributed by atoms with E-state index in [2.05, 4.69) is 16.8 Å². The lowest BCUT2D eigenvalue weighted by Gasteiger charge is -2.14. The van der Waals surface area contributed by atoms with Crippen molar-refractivity contribution < 1.29 is 29.1 Å². The Morgan fingerprint density at radius 3 is 1.47 bits per heavy atom. The highest BCUT2D eigenvalue weighted by molar-refractivity contribution is 5.91. The Kier molecular flexibility index (Phi) is 20.5. The molecule has 0 atom stereocenters. The van der Waals surface area contributed by atoms with Crippen LogP contribution in [0.15, 0.2) is 12.2 Å². The van der Waals surface area contributed by atoms with Gasteiger partial charge in [-0.05, 0) is 32.2 Å². The highest BCUT2D eigenvalue weighted by Crippen LogP contribution is 2.13. The van der Waals surface area contributed by atoms with Crippen molar-refractivity contribution >= 4 is 11.9 Å². The van der Waals surface area contributed by atoms with Crippen LogP contribution in [0.5, 0.6) is 0 Å². The third-order valence-electron chi connectivity index (χ3n) is 5.00. The number of rotatable bonds is 21. The predicted octanol–water partition coefficient (Wildman–Crippen LogP) is 7.55. The fraction of sp³-hybridized carbons (Fsp3) is 0.846. The lowest BCUT2D eigenvalue weighted by molar-refractivity contribution is -0.513. The second kappa shape index (κ2) is 21.4. The van der Waals surface area contributed by atoms with Crippen LogP contribution in [0, 0.1) is 0 Å². The molecule has 6 nitrogen and oxygen atoms in total. The topological polar surface area (TPSA) is 71.1 Å². The SMILES string of the molecule is CCCCCCCCCCCCCCCCCCOC(=O)C=CC(=O)OOOC(C)(C)C. The number of hydrogen-bond acceptors (Lipinski definition) is 6. The van der Waals surface area contributed by atoms with Crippen LogP contribution in [-0.4, -0.2) is 24.1 Å². The third-order valence-corrected chi connectivity index (χ3v) is 5.00. The summed E-state index contributed by atoms with van der Waals surface area (Å²) in [5, 5.41) is 4.34. The van der Waals surface area contributed by atoms with Gasteiger partial charge >= 0.3 is 11.9 Å². The molecule has 0 aromatic rings. The molecule has 0 saturated heterocycles. The van der Waals surface area contributed by atoms with E-state index < -0.39 is 17.5 Å².